The van der Waals surface area contributed by atoms with Crippen molar-refractivity contribution >= 4 is 52.9 Å². The van der Waals surface area contributed by atoms with Crippen molar-refractivity contribution in [2.75, 3.05) is 18.6 Å². The van der Waals surface area contributed by atoms with E-state index in [0.717, 1.165) is 5.57 Å². The maximum Gasteiger partial charge on any atom is 0.326 e. The second-order valence-electron chi connectivity index (χ2n) is 13.9. The fourth-order valence-corrected chi connectivity index (χ4v) is 9.04. The number of Topliss-reactive ketones (excluding diaryl/α,β-unsaturated/α-hetero) is 2. The number of esters is 1. The van der Waals surface area contributed by atoms with Crippen LogP contribution in [0, 0.1) is 28.6 Å². The highest BCUT2D eigenvalue weighted by Gasteiger charge is 2.68. The highest BCUT2D eigenvalue weighted by molar-refractivity contribution is 7.98. The van der Waals surface area contributed by atoms with E-state index in [9.17, 15) is 43.8 Å². The Bertz CT molecular complexity index is 1330. The van der Waals surface area contributed by atoms with E-state index >= 15 is 0 Å². The third-order valence-corrected chi connectivity index (χ3v) is 11.8. The second-order valence-corrected chi connectivity index (χ2v) is 14.8. The van der Waals surface area contributed by atoms with Crippen molar-refractivity contribution in [2.45, 2.75) is 103 Å². The Balaban J connectivity index is 1.29. The number of hydrogen-bond acceptors (Lipinski definition) is 10. The fourth-order valence-electron chi connectivity index (χ4n) is 8.57. The lowest BCUT2D eigenvalue weighted by Crippen LogP contribution is -2.61. The molecule has 0 aromatic heterocycles. The van der Waals surface area contributed by atoms with E-state index in [1.165, 1.54) is 18.7 Å². The molecule has 4 rings (SSSR count). The summed E-state index contributed by atoms with van der Waals surface area (Å²) in [7, 11) is 0. The molecule has 0 bridgehead atoms. The number of amides is 2. The van der Waals surface area contributed by atoms with E-state index in [-0.39, 0.29) is 61.4 Å². The van der Waals surface area contributed by atoms with Gasteiger partial charge < -0.3 is 25.6 Å². The first-order valence-corrected chi connectivity index (χ1v) is 17.5. The number of carboxylic acids is 1. The van der Waals surface area contributed by atoms with Crippen molar-refractivity contribution in [3.63, 3.8) is 0 Å². The molecular formula is C33H46N2O10S. The summed E-state index contributed by atoms with van der Waals surface area (Å²) in [4.78, 5) is 87.8. The molecule has 3 fully saturated rings. The molecule has 0 unspecified atom stereocenters. The number of aliphatic hydroxyl groups is 1. The average molecular weight is 663 g/mol. The van der Waals surface area contributed by atoms with Crippen LogP contribution < -0.4 is 10.6 Å². The van der Waals surface area contributed by atoms with Crippen LogP contribution in [0.5, 0.6) is 0 Å². The second kappa shape index (κ2) is 14.0. The van der Waals surface area contributed by atoms with Crippen molar-refractivity contribution in [3.05, 3.63) is 11.6 Å². The van der Waals surface area contributed by atoms with Gasteiger partial charge in [0.05, 0.1) is 6.42 Å². The Morgan fingerprint density at radius 2 is 1.78 bits per heavy atom. The molecule has 12 nitrogen and oxygen atoms in total. The summed E-state index contributed by atoms with van der Waals surface area (Å²) in [5.41, 5.74) is -2.21. The Hall–Kier alpha value is -3.06. The van der Waals surface area contributed by atoms with Crippen molar-refractivity contribution in [2.24, 2.45) is 28.6 Å². The number of allylic oxidation sites excluding steroid dienone is 1. The van der Waals surface area contributed by atoms with Crippen molar-refractivity contribution in [3.8, 4) is 0 Å². The van der Waals surface area contributed by atoms with Gasteiger partial charge in [-0.15, -0.1) is 0 Å². The van der Waals surface area contributed by atoms with Gasteiger partial charge in [-0.05, 0) is 80.8 Å². The standard InChI is InChI=1S/C33H46N2O10S/c1-18(29(41)35-23(30(42)43)11-14-46-4)34-26(39)7-8-27(40)45-17-25(38)33(44)13-10-22-21-6-5-19-15-20(36)9-12-31(19,2)28(21)24(37)16-32(22,33)3/h15,18,21-23,28,44H,5-14,16-17H2,1-4H3,(H,34,39)(H,35,41)(H,42,43)/t18-,21-,22+,23+,28+,31+,32+,33+/m1/s1. The normalized spacial score (nSPS) is 33.0. The van der Waals surface area contributed by atoms with Gasteiger partial charge in [-0.1, -0.05) is 19.4 Å². The summed E-state index contributed by atoms with van der Waals surface area (Å²) in [5, 5.41) is 25.9. The number of carboxylic acid groups (broad SMARTS) is 1. The number of rotatable bonds is 13. The minimum atomic E-state index is -1.85. The molecule has 0 aromatic rings. The first-order valence-electron chi connectivity index (χ1n) is 16.1. The molecule has 8 atom stereocenters. The number of nitrogens with one attached hydrogen (secondary N) is 2. The Labute approximate surface area is 273 Å². The number of carbonyl (C=O) groups excluding carboxylic acids is 6. The highest BCUT2D eigenvalue weighted by atomic mass is 32.2. The summed E-state index contributed by atoms with van der Waals surface area (Å²) in [6.45, 7) is 4.57. The van der Waals surface area contributed by atoms with E-state index in [0.29, 0.717) is 37.9 Å². The molecule has 3 saturated carbocycles. The van der Waals surface area contributed by atoms with E-state index in [1.807, 2.05) is 6.26 Å². The van der Waals surface area contributed by atoms with Crippen LogP contribution in [0.4, 0.5) is 0 Å². The highest BCUT2D eigenvalue weighted by Crippen LogP contribution is 2.66. The Morgan fingerprint density at radius 1 is 1.07 bits per heavy atom. The molecule has 13 heteroatoms. The molecule has 2 amide bonds. The predicted molar refractivity (Wildman–Crippen MR) is 167 cm³/mol. The number of ether oxygens (including phenoxy) is 1. The molecule has 0 saturated heterocycles. The first-order chi connectivity index (χ1) is 21.6. The summed E-state index contributed by atoms with van der Waals surface area (Å²) in [5.74, 6) is -3.71. The van der Waals surface area contributed by atoms with Gasteiger partial charge in [0, 0.05) is 30.6 Å². The Kier molecular flexibility index (Phi) is 10.9. The topological polar surface area (TPSA) is 193 Å². The lowest BCUT2D eigenvalue weighted by atomic mass is 9.46. The molecular weight excluding hydrogens is 616 g/mol. The molecule has 0 aliphatic heterocycles. The van der Waals surface area contributed by atoms with E-state index in [4.69, 9.17) is 4.74 Å². The fraction of sp³-hybridized carbons (Fsp3) is 0.727. The summed E-state index contributed by atoms with van der Waals surface area (Å²) in [6.07, 6.45) is 6.26. The predicted octanol–water partition coefficient (Wildman–Crippen LogP) is 2.15. The minimum Gasteiger partial charge on any atom is -0.480 e. The molecule has 4 N–H and O–H groups in total. The van der Waals surface area contributed by atoms with Gasteiger partial charge in [0.1, 0.15) is 23.5 Å². The molecule has 46 heavy (non-hydrogen) atoms. The zero-order valence-electron chi connectivity index (χ0n) is 27.0. The third kappa shape index (κ3) is 6.81. The van der Waals surface area contributed by atoms with E-state index in [1.54, 1.807) is 13.0 Å². The number of ketones is 3. The number of hydrogen-bond donors (Lipinski definition) is 4. The lowest BCUT2D eigenvalue weighted by Gasteiger charge is -2.57. The van der Waals surface area contributed by atoms with Gasteiger partial charge in [0.25, 0.3) is 0 Å². The zero-order valence-corrected chi connectivity index (χ0v) is 27.8. The van der Waals surface area contributed by atoms with Crippen LogP contribution in [0.1, 0.15) is 85.0 Å². The van der Waals surface area contributed by atoms with E-state index < -0.39 is 64.7 Å². The van der Waals surface area contributed by atoms with Gasteiger partial charge in [0.2, 0.25) is 17.6 Å². The maximum absolute atomic E-state index is 13.8. The minimum absolute atomic E-state index is 0.00341. The van der Waals surface area contributed by atoms with Gasteiger partial charge in [-0.25, -0.2) is 4.79 Å². The van der Waals surface area contributed by atoms with Crippen LogP contribution in [0.15, 0.2) is 11.6 Å². The van der Waals surface area contributed by atoms with Gasteiger partial charge in [0.15, 0.2) is 12.4 Å². The quantitative estimate of drug-likeness (QED) is 0.211. The number of carbonyl (C=O) groups is 7. The van der Waals surface area contributed by atoms with Crippen molar-refractivity contribution in [1.29, 1.82) is 0 Å². The summed E-state index contributed by atoms with van der Waals surface area (Å²) >= 11 is 1.44. The van der Waals surface area contributed by atoms with Gasteiger partial charge in [-0.3, -0.25) is 28.8 Å². The van der Waals surface area contributed by atoms with Gasteiger partial charge >= 0.3 is 11.9 Å². The third-order valence-electron chi connectivity index (χ3n) is 11.2. The first kappa shape index (κ1) is 35.8. The van der Waals surface area contributed by atoms with Crippen LogP contribution in [0.3, 0.4) is 0 Å². The van der Waals surface area contributed by atoms with Crippen molar-refractivity contribution < 1.29 is 48.5 Å². The number of thioether (sulfide) groups is 1. The Morgan fingerprint density at radius 3 is 2.46 bits per heavy atom. The molecule has 4 aliphatic carbocycles. The van der Waals surface area contributed by atoms with Crippen LogP contribution in [0.2, 0.25) is 0 Å². The van der Waals surface area contributed by atoms with Crippen molar-refractivity contribution in [1.82, 2.24) is 10.6 Å². The van der Waals surface area contributed by atoms with Crippen LogP contribution in [-0.2, 0) is 38.3 Å². The molecule has 0 radical (unpaired) electrons. The van der Waals surface area contributed by atoms with E-state index in [2.05, 4.69) is 17.6 Å². The SMILES string of the molecule is CSCC[C@H](NC(=O)[C@@H](C)NC(=O)CCC(=O)OCC(=O)[C@@]1(O)CC[C@H]2[C@H]3CCC4=CC(=O)CC[C@]4(C)[C@@H]3C(=O)C[C@@]21C)C(=O)O. The smallest absolute Gasteiger partial charge is 0.326 e. The number of fused-ring (bicyclic) bond motifs is 5. The maximum atomic E-state index is 13.8. The molecule has 254 valence electrons. The largest absolute Gasteiger partial charge is 0.480 e. The van der Waals surface area contributed by atoms with Crippen LogP contribution in [0.25, 0.3) is 0 Å². The lowest BCUT2D eigenvalue weighted by molar-refractivity contribution is -0.173. The monoisotopic (exact) mass is 662 g/mol. The van der Waals surface area contributed by atoms with Gasteiger partial charge in [-0.2, -0.15) is 11.8 Å². The molecule has 0 heterocycles. The average Bonchev–Trinajstić information content (AvgIpc) is 3.27. The number of aliphatic carboxylic acids is 1. The van der Waals surface area contributed by atoms with Crippen LogP contribution >= 0.6 is 11.8 Å². The van der Waals surface area contributed by atoms with Crippen LogP contribution in [-0.4, -0.2) is 87.6 Å². The summed E-state index contributed by atoms with van der Waals surface area (Å²) < 4.78 is 5.16. The molecule has 0 spiro atoms. The molecule has 0 aromatic carbocycles. The summed E-state index contributed by atoms with van der Waals surface area (Å²) in [6, 6.07) is -2.13. The zero-order chi connectivity index (χ0) is 34.0. The molecule has 4 aliphatic rings.